The fourth-order valence-electron chi connectivity index (χ4n) is 1.72. The molecule has 0 bridgehead atoms. The van der Waals surface area contributed by atoms with E-state index in [0.717, 1.165) is 6.61 Å². The Morgan fingerprint density at radius 1 is 0.929 bits per heavy atom. The van der Waals surface area contributed by atoms with Crippen LogP contribution in [-0.4, -0.2) is 12.7 Å². The molecule has 0 saturated carbocycles. The molecule has 0 aromatic carbocycles. The van der Waals surface area contributed by atoms with Gasteiger partial charge in [0.2, 0.25) is 0 Å². The Hall–Kier alpha value is -0.0400. The molecule has 14 heavy (non-hydrogen) atoms. The summed E-state index contributed by atoms with van der Waals surface area (Å²) in [5, 5.41) is 0. The van der Waals surface area contributed by atoms with Gasteiger partial charge >= 0.3 is 0 Å². The molecule has 0 fully saturated rings. The first kappa shape index (κ1) is 14.0. The summed E-state index contributed by atoms with van der Waals surface area (Å²) in [7, 11) is 0. The molecule has 0 aliphatic carbocycles. The molecule has 1 nitrogen and oxygen atoms in total. The highest BCUT2D eigenvalue weighted by atomic mass is 16.5. The van der Waals surface area contributed by atoms with Crippen LogP contribution in [0.1, 0.15) is 60.3 Å². The third-order valence-corrected chi connectivity index (χ3v) is 3.22. The Morgan fingerprint density at radius 2 is 1.43 bits per heavy atom. The van der Waals surface area contributed by atoms with Gasteiger partial charge in [0, 0.05) is 6.61 Å². The highest BCUT2D eigenvalue weighted by molar-refractivity contribution is 4.71. The molecule has 0 aromatic rings. The molecule has 0 aliphatic heterocycles. The Balaban J connectivity index is 3.97. The van der Waals surface area contributed by atoms with Gasteiger partial charge < -0.3 is 4.74 Å². The molecule has 0 amide bonds. The highest BCUT2D eigenvalue weighted by Gasteiger charge is 2.21. The van der Waals surface area contributed by atoms with Crippen LogP contribution in [-0.2, 0) is 4.74 Å². The maximum absolute atomic E-state index is 5.99. The molecule has 1 heteroatoms. The highest BCUT2D eigenvalue weighted by Crippen LogP contribution is 2.22. The molecule has 0 spiro atoms. The zero-order valence-corrected chi connectivity index (χ0v) is 10.7. The van der Waals surface area contributed by atoms with Crippen molar-refractivity contribution in [1.29, 1.82) is 0 Å². The van der Waals surface area contributed by atoms with Gasteiger partial charge in [-0.1, -0.05) is 53.9 Å². The SMILES string of the molecule is CCCCOC(C(C)CC)C(C)CC. The first-order valence-electron chi connectivity index (χ1n) is 6.28. The van der Waals surface area contributed by atoms with Gasteiger partial charge in [-0.2, -0.15) is 0 Å². The summed E-state index contributed by atoms with van der Waals surface area (Å²) in [4.78, 5) is 0. The molecule has 0 rings (SSSR count). The van der Waals surface area contributed by atoms with Crippen LogP contribution >= 0.6 is 0 Å². The number of unbranched alkanes of at least 4 members (excludes halogenated alkanes) is 1. The van der Waals surface area contributed by atoms with E-state index in [1.165, 1.54) is 25.7 Å². The van der Waals surface area contributed by atoms with E-state index in [2.05, 4.69) is 34.6 Å². The van der Waals surface area contributed by atoms with E-state index in [-0.39, 0.29) is 0 Å². The van der Waals surface area contributed by atoms with Crippen LogP contribution in [0.25, 0.3) is 0 Å². The van der Waals surface area contributed by atoms with Crippen molar-refractivity contribution in [3.8, 4) is 0 Å². The summed E-state index contributed by atoms with van der Waals surface area (Å²) in [5.41, 5.74) is 0. The molecular weight excluding hydrogens is 172 g/mol. The average Bonchev–Trinajstić information content (AvgIpc) is 2.22. The van der Waals surface area contributed by atoms with Crippen molar-refractivity contribution in [2.24, 2.45) is 11.8 Å². The fourth-order valence-corrected chi connectivity index (χ4v) is 1.72. The van der Waals surface area contributed by atoms with Crippen LogP contribution in [0.2, 0.25) is 0 Å². The van der Waals surface area contributed by atoms with Crippen LogP contribution in [0.15, 0.2) is 0 Å². The number of rotatable bonds is 8. The molecule has 2 unspecified atom stereocenters. The zero-order valence-electron chi connectivity index (χ0n) is 10.7. The largest absolute Gasteiger partial charge is 0.378 e. The number of ether oxygens (including phenoxy) is 1. The minimum atomic E-state index is 0.469. The van der Waals surface area contributed by atoms with E-state index >= 15 is 0 Å². The molecule has 0 radical (unpaired) electrons. The zero-order chi connectivity index (χ0) is 11.0. The van der Waals surface area contributed by atoms with Gasteiger partial charge in [0.15, 0.2) is 0 Å². The molecule has 0 aliphatic rings. The summed E-state index contributed by atoms with van der Waals surface area (Å²) in [5.74, 6) is 1.39. The van der Waals surface area contributed by atoms with Gasteiger partial charge in [-0.3, -0.25) is 0 Å². The van der Waals surface area contributed by atoms with E-state index in [9.17, 15) is 0 Å². The topological polar surface area (TPSA) is 9.23 Å². The van der Waals surface area contributed by atoms with Crippen molar-refractivity contribution in [3.05, 3.63) is 0 Å². The van der Waals surface area contributed by atoms with E-state index < -0.39 is 0 Å². The maximum atomic E-state index is 5.99. The smallest absolute Gasteiger partial charge is 0.0625 e. The minimum Gasteiger partial charge on any atom is -0.378 e. The first-order chi connectivity index (χ1) is 6.67. The third kappa shape index (κ3) is 4.99. The van der Waals surface area contributed by atoms with Gasteiger partial charge in [-0.15, -0.1) is 0 Å². The van der Waals surface area contributed by atoms with Crippen molar-refractivity contribution in [2.45, 2.75) is 66.4 Å². The summed E-state index contributed by atoms with van der Waals surface area (Å²) in [6, 6.07) is 0. The predicted molar refractivity (Wildman–Crippen MR) is 63.6 cm³/mol. The lowest BCUT2D eigenvalue weighted by atomic mass is 9.90. The number of hydrogen-bond donors (Lipinski definition) is 0. The van der Waals surface area contributed by atoms with Crippen LogP contribution < -0.4 is 0 Å². The van der Waals surface area contributed by atoms with Crippen molar-refractivity contribution >= 4 is 0 Å². The third-order valence-electron chi connectivity index (χ3n) is 3.22. The lowest BCUT2D eigenvalue weighted by molar-refractivity contribution is -0.0206. The molecular formula is C13H28O. The van der Waals surface area contributed by atoms with Gasteiger partial charge in [0.25, 0.3) is 0 Å². The van der Waals surface area contributed by atoms with E-state index in [1.54, 1.807) is 0 Å². The molecule has 0 N–H and O–H groups in total. The van der Waals surface area contributed by atoms with E-state index in [1.807, 2.05) is 0 Å². The number of hydrogen-bond acceptors (Lipinski definition) is 1. The van der Waals surface area contributed by atoms with Crippen LogP contribution in [0.4, 0.5) is 0 Å². The summed E-state index contributed by atoms with van der Waals surface area (Å²) in [6.45, 7) is 12.3. The predicted octanol–water partition coefficient (Wildman–Crippen LogP) is 4.26. The second kappa shape index (κ2) is 8.28. The van der Waals surface area contributed by atoms with Crippen LogP contribution in [0.5, 0.6) is 0 Å². The summed E-state index contributed by atoms with van der Waals surface area (Å²) < 4.78 is 5.99. The standard InChI is InChI=1S/C13H28O/c1-6-9-10-14-13(11(4)7-2)12(5)8-3/h11-13H,6-10H2,1-5H3. The van der Waals surface area contributed by atoms with Crippen LogP contribution in [0, 0.1) is 11.8 Å². The minimum absolute atomic E-state index is 0.469. The summed E-state index contributed by atoms with van der Waals surface area (Å²) in [6.07, 6.45) is 5.34. The Kier molecular flexibility index (Phi) is 8.26. The Bertz CT molecular complexity index is 112. The van der Waals surface area contributed by atoms with Crippen molar-refractivity contribution in [1.82, 2.24) is 0 Å². The second-order valence-electron chi connectivity index (χ2n) is 4.46. The summed E-state index contributed by atoms with van der Waals surface area (Å²) >= 11 is 0. The van der Waals surface area contributed by atoms with Crippen molar-refractivity contribution in [3.63, 3.8) is 0 Å². The maximum Gasteiger partial charge on any atom is 0.0625 e. The molecule has 2 atom stereocenters. The van der Waals surface area contributed by atoms with Crippen molar-refractivity contribution in [2.75, 3.05) is 6.61 Å². The molecule has 86 valence electrons. The Labute approximate surface area is 90.2 Å². The molecule has 0 saturated heterocycles. The van der Waals surface area contributed by atoms with Crippen molar-refractivity contribution < 1.29 is 4.74 Å². The molecule has 0 aromatic heterocycles. The van der Waals surface area contributed by atoms with Gasteiger partial charge in [0.1, 0.15) is 0 Å². The van der Waals surface area contributed by atoms with Gasteiger partial charge in [-0.25, -0.2) is 0 Å². The van der Waals surface area contributed by atoms with Gasteiger partial charge in [0.05, 0.1) is 6.10 Å². The average molecular weight is 200 g/mol. The normalized spacial score (nSPS) is 17.8. The monoisotopic (exact) mass is 200 g/mol. The van der Waals surface area contributed by atoms with E-state index in [4.69, 9.17) is 4.74 Å². The quantitative estimate of drug-likeness (QED) is 0.532. The van der Waals surface area contributed by atoms with Gasteiger partial charge in [-0.05, 0) is 18.3 Å². The van der Waals surface area contributed by atoms with Crippen LogP contribution in [0.3, 0.4) is 0 Å². The fraction of sp³-hybridized carbons (Fsp3) is 1.00. The first-order valence-corrected chi connectivity index (χ1v) is 6.28. The van der Waals surface area contributed by atoms with E-state index in [0.29, 0.717) is 17.9 Å². The molecule has 0 heterocycles. The second-order valence-corrected chi connectivity index (χ2v) is 4.46. The lowest BCUT2D eigenvalue weighted by Crippen LogP contribution is -2.29. The Morgan fingerprint density at radius 3 is 1.79 bits per heavy atom. The lowest BCUT2D eigenvalue weighted by Gasteiger charge is -2.28.